The van der Waals surface area contributed by atoms with E-state index in [9.17, 15) is 0 Å². The Kier molecular flexibility index (Phi) is 3.55. The highest BCUT2D eigenvalue weighted by Crippen LogP contribution is 2.36. The third kappa shape index (κ3) is 2.39. The van der Waals surface area contributed by atoms with Gasteiger partial charge in [-0.3, -0.25) is 4.90 Å². The van der Waals surface area contributed by atoms with Gasteiger partial charge >= 0.3 is 0 Å². The summed E-state index contributed by atoms with van der Waals surface area (Å²) >= 11 is 12.0. The molecule has 0 aromatic heterocycles. The van der Waals surface area contributed by atoms with Gasteiger partial charge < -0.3 is 5.73 Å². The maximum absolute atomic E-state index is 6.09. The first-order chi connectivity index (χ1) is 8.63. The van der Waals surface area contributed by atoms with Gasteiger partial charge in [0, 0.05) is 24.7 Å². The maximum Gasteiger partial charge on any atom is 0.0595 e. The molecule has 1 aromatic rings. The number of halogens is 2. The highest BCUT2D eigenvalue weighted by molar-refractivity contribution is 6.42. The fraction of sp³-hybridized carbons (Fsp3) is 0.571. The van der Waals surface area contributed by atoms with Gasteiger partial charge in [0.15, 0.2) is 0 Å². The fourth-order valence-corrected chi connectivity index (χ4v) is 3.74. The van der Waals surface area contributed by atoms with Crippen LogP contribution >= 0.6 is 23.2 Å². The van der Waals surface area contributed by atoms with Crippen molar-refractivity contribution in [2.24, 2.45) is 5.73 Å². The summed E-state index contributed by atoms with van der Waals surface area (Å²) < 4.78 is 0. The minimum atomic E-state index is 0.396. The number of rotatable bonds is 2. The van der Waals surface area contributed by atoms with Crippen LogP contribution in [0.3, 0.4) is 0 Å². The molecule has 2 N–H and O–H groups in total. The molecule has 2 aliphatic rings. The number of piperidine rings is 1. The van der Waals surface area contributed by atoms with Gasteiger partial charge in [-0.1, -0.05) is 29.3 Å². The Labute approximate surface area is 118 Å². The second-order valence-electron chi connectivity index (χ2n) is 5.54. The molecule has 0 aliphatic carbocycles. The second kappa shape index (κ2) is 5.01. The lowest BCUT2D eigenvalue weighted by molar-refractivity contribution is 0.120. The normalized spacial score (nSPS) is 31.8. The lowest BCUT2D eigenvalue weighted by Gasteiger charge is -2.37. The third-order valence-electron chi connectivity index (χ3n) is 4.27. The van der Waals surface area contributed by atoms with Crippen molar-refractivity contribution in [1.82, 2.24) is 4.90 Å². The Bertz CT molecular complexity index is 435. The van der Waals surface area contributed by atoms with E-state index in [2.05, 4.69) is 11.0 Å². The molecular weight excluding hydrogens is 267 g/mol. The number of hydrogen-bond acceptors (Lipinski definition) is 2. The van der Waals surface area contributed by atoms with Gasteiger partial charge in [0.05, 0.1) is 10.0 Å². The van der Waals surface area contributed by atoms with Crippen LogP contribution in [-0.4, -0.2) is 23.0 Å². The van der Waals surface area contributed by atoms with Crippen LogP contribution in [0.25, 0.3) is 0 Å². The zero-order valence-corrected chi connectivity index (χ0v) is 11.8. The van der Waals surface area contributed by atoms with Crippen molar-refractivity contribution in [2.75, 3.05) is 0 Å². The third-order valence-corrected chi connectivity index (χ3v) is 5.01. The average Bonchev–Trinajstić information content (AvgIpc) is 2.58. The summed E-state index contributed by atoms with van der Waals surface area (Å²) in [5.74, 6) is 0. The van der Waals surface area contributed by atoms with Gasteiger partial charge in [0.2, 0.25) is 0 Å². The van der Waals surface area contributed by atoms with Gasteiger partial charge in [-0.15, -0.1) is 0 Å². The highest BCUT2D eigenvalue weighted by atomic mass is 35.5. The molecule has 2 nitrogen and oxygen atoms in total. The fourth-order valence-electron chi connectivity index (χ4n) is 3.42. The van der Waals surface area contributed by atoms with Gasteiger partial charge in [-0.05, 0) is 43.4 Å². The molecule has 0 unspecified atom stereocenters. The van der Waals surface area contributed by atoms with Crippen molar-refractivity contribution in [2.45, 2.75) is 50.4 Å². The van der Waals surface area contributed by atoms with Crippen molar-refractivity contribution in [3.8, 4) is 0 Å². The van der Waals surface area contributed by atoms with E-state index in [-0.39, 0.29) is 0 Å². The number of nitrogens with zero attached hydrogens (tertiary/aromatic N) is 1. The van der Waals surface area contributed by atoms with E-state index in [0.29, 0.717) is 28.2 Å². The summed E-state index contributed by atoms with van der Waals surface area (Å²) in [5, 5.41) is 1.28. The minimum Gasteiger partial charge on any atom is -0.328 e. The zero-order chi connectivity index (χ0) is 12.7. The molecule has 2 bridgehead atoms. The van der Waals surface area contributed by atoms with Crippen molar-refractivity contribution in [1.29, 1.82) is 0 Å². The molecule has 3 atom stereocenters. The van der Waals surface area contributed by atoms with Crippen LogP contribution in [0.4, 0.5) is 0 Å². The van der Waals surface area contributed by atoms with Gasteiger partial charge in [0.25, 0.3) is 0 Å². The van der Waals surface area contributed by atoms with E-state index in [1.54, 1.807) is 0 Å². The van der Waals surface area contributed by atoms with Crippen molar-refractivity contribution < 1.29 is 0 Å². The van der Waals surface area contributed by atoms with E-state index in [1.807, 2.05) is 12.1 Å². The lowest BCUT2D eigenvalue weighted by atomic mass is 9.97. The average molecular weight is 285 g/mol. The highest BCUT2D eigenvalue weighted by Gasteiger charge is 2.39. The Morgan fingerprint density at radius 2 is 1.78 bits per heavy atom. The van der Waals surface area contributed by atoms with E-state index in [0.717, 1.165) is 19.4 Å². The Balaban J connectivity index is 1.75. The van der Waals surface area contributed by atoms with Gasteiger partial charge in [-0.2, -0.15) is 0 Å². The number of hydrogen-bond donors (Lipinski definition) is 1. The largest absolute Gasteiger partial charge is 0.328 e. The Hall–Kier alpha value is -0.280. The SMILES string of the molecule is N[C@H]1C[C@H]2CC[C@@H](C1)N2Cc1ccc(Cl)c(Cl)c1. The zero-order valence-electron chi connectivity index (χ0n) is 10.3. The van der Waals surface area contributed by atoms with Crippen LogP contribution in [0.5, 0.6) is 0 Å². The molecule has 0 spiro atoms. The predicted molar refractivity (Wildman–Crippen MR) is 76.0 cm³/mol. The van der Waals surface area contributed by atoms with Gasteiger partial charge in [-0.25, -0.2) is 0 Å². The van der Waals surface area contributed by atoms with Crippen LogP contribution < -0.4 is 5.73 Å². The standard InChI is InChI=1S/C14H18Cl2N2/c15-13-4-1-9(5-14(13)16)8-18-11-2-3-12(18)7-10(17)6-11/h1,4-5,10-12H,2-3,6-8,17H2/t10-,11+,12-. The number of fused-ring (bicyclic) bond motifs is 2. The summed E-state index contributed by atoms with van der Waals surface area (Å²) in [6.07, 6.45) is 4.86. The topological polar surface area (TPSA) is 29.3 Å². The molecule has 98 valence electrons. The predicted octanol–water partition coefficient (Wildman–Crippen LogP) is 3.45. The number of benzene rings is 1. The smallest absolute Gasteiger partial charge is 0.0595 e. The quantitative estimate of drug-likeness (QED) is 0.901. The van der Waals surface area contributed by atoms with Crippen molar-refractivity contribution >= 4 is 23.2 Å². The van der Waals surface area contributed by atoms with Crippen molar-refractivity contribution in [3.63, 3.8) is 0 Å². The molecule has 0 radical (unpaired) electrons. The Morgan fingerprint density at radius 1 is 1.11 bits per heavy atom. The van der Waals surface area contributed by atoms with Crippen LogP contribution in [0.15, 0.2) is 18.2 Å². The maximum atomic E-state index is 6.09. The number of nitrogens with two attached hydrogens (primary N) is 1. The molecule has 0 amide bonds. The van der Waals surface area contributed by atoms with Crippen LogP contribution in [0.2, 0.25) is 10.0 Å². The summed E-state index contributed by atoms with van der Waals surface area (Å²) in [7, 11) is 0. The van der Waals surface area contributed by atoms with E-state index < -0.39 is 0 Å². The summed E-state index contributed by atoms with van der Waals surface area (Å²) in [6, 6.07) is 7.66. The first kappa shape index (κ1) is 12.7. The molecule has 2 heterocycles. The summed E-state index contributed by atoms with van der Waals surface area (Å²) in [4.78, 5) is 2.60. The first-order valence-corrected chi connectivity index (χ1v) is 7.34. The van der Waals surface area contributed by atoms with Crippen LogP contribution in [0.1, 0.15) is 31.2 Å². The lowest BCUT2D eigenvalue weighted by Crippen LogP contribution is -2.46. The van der Waals surface area contributed by atoms with Crippen molar-refractivity contribution in [3.05, 3.63) is 33.8 Å². The van der Waals surface area contributed by atoms with Crippen LogP contribution in [0, 0.1) is 0 Å². The van der Waals surface area contributed by atoms with E-state index in [4.69, 9.17) is 28.9 Å². The molecule has 2 saturated heterocycles. The molecule has 2 fully saturated rings. The van der Waals surface area contributed by atoms with Crippen LogP contribution in [-0.2, 0) is 6.54 Å². The molecular formula is C14H18Cl2N2. The summed E-state index contributed by atoms with van der Waals surface area (Å²) in [6.45, 7) is 0.971. The molecule has 18 heavy (non-hydrogen) atoms. The van der Waals surface area contributed by atoms with E-state index in [1.165, 1.54) is 18.4 Å². The summed E-state index contributed by atoms with van der Waals surface area (Å²) in [5.41, 5.74) is 7.34. The monoisotopic (exact) mass is 284 g/mol. The van der Waals surface area contributed by atoms with E-state index >= 15 is 0 Å². The minimum absolute atomic E-state index is 0.396. The molecule has 1 aromatic carbocycles. The molecule has 0 saturated carbocycles. The molecule has 2 aliphatic heterocycles. The second-order valence-corrected chi connectivity index (χ2v) is 6.35. The first-order valence-electron chi connectivity index (χ1n) is 6.59. The molecule has 4 heteroatoms. The molecule has 3 rings (SSSR count). The van der Waals surface area contributed by atoms with Gasteiger partial charge in [0.1, 0.15) is 0 Å². The Morgan fingerprint density at radius 3 is 2.39 bits per heavy atom.